The third-order valence-corrected chi connectivity index (χ3v) is 9.19. The van der Waals surface area contributed by atoms with Crippen LogP contribution >= 0.6 is 0 Å². The summed E-state index contributed by atoms with van der Waals surface area (Å²) in [6.45, 7) is 2.87. The quantitative estimate of drug-likeness (QED) is 0.446. The summed E-state index contributed by atoms with van der Waals surface area (Å²) < 4.78 is 0. The Morgan fingerprint density at radius 3 is 2.42 bits per heavy atom. The average Bonchev–Trinajstić information content (AvgIpc) is 2.86. The van der Waals surface area contributed by atoms with Gasteiger partial charge in [-0.2, -0.15) is 0 Å². The van der Waals surface area contributed by atoms with Gasteiger partial charge in [0.25, 0.3) is 0 Å². The Morgan fingerprint density at radius 2 is 1.79 bits per heavy atom. The number of aliphatic hydroxyl groups is 1. The van der Waals surface area contributed by atoms with E-state index >= 15 is 0 Å². The first-order valence-electron chi connectivity index (χ1n) is 13.4. The van der Waals surface area contributed by atoms with Crippen LogP contribution in [0.15, 0.2) is 12.1 Å². The van der Waals surface area contributed by atoms with Gasteiger partial charge >= 0.3 is 0 Å². The Balaban J connectivity index is 1.53. The van der Waals surface area contributed by atoms with Crippen LogP contribution in [0.3, 0.4) is 0 Å². The van der Waals surface area contributed by atoms with E-state index < -0.39 is 64.4 Å². The number of benzene rings is 1. The molecule has 4 aliphatic rings. The number of rotatable bonds is 5. The van der Waals surface area contributed by atoms with Crippen molar-refractivity contribution in [2.24, 2.45) is 29.4 Å². The predicted molar refractivity (Wildman–Crippen MR) is 135 cm³/mol. The van der Waals surface area contributed by atoms with Gasteiger partial charge in [-0.15, -0.1) is 0 Å². The van der Waals surface area contributed by atoms with Crippen molar-refractivity contribution in [3.63, 3.8) is 0 Å². The lowest BCUT2D eigenvalue weighted by Gasteiger charge is -2.52. The molecule has 0 bridgehead atoms. The van der Waals surface area contributed by atoms with Gasteiger partial charge in [0.05, 0.1) is 17.5 Å². The van der Waals surface area contributed by atoms with Gasteiger partial charge in [0.2, 0.25) is 5.91 Å². The molecule has 204 valence electrons. The number of hydrogen-bond acceptors (Lipinski definition) is 9. The number of carbonyl (C=O) groups excluding carboxylic acids is 5. The molecule has 1 amide bonds. The molecule has 2 unspecified atom stereocenters. The Hall–Kier alpha value is -2.95. The number of nitrogens with zero attached hydrogens (tertiary/aromatic N) is 2. The number of hydrogen-bond donors (Lipinski definition) is 3. The molecule has 2 saturated carbocycles. The van der Waals surface area contributed by atoms with Crippen LogP contribution in [0.2, 0.25) is 0 Å². The molecule has 1 aliphatic heterocycles. The number of amides is 1. The summed E-state index contributed by atoms with van der Waals surface area (Å²) in [5.41, 5.74) is 4.34. The molecule has 1 aromatic carbocycles. The monoisotopic (exact) mass is 525 g/mol. The summed E-state index contributed by atoms with van der Waals surface area (Å²) in [5.74, 6) is -10.1. The number of likely N-dealkylation sites (tertiary alicyclic amines) is 1. The van der Waals surface area contributed by atoms with E-state index in [2.05, 4.69) is 4.90 Å². The number of piperidine rings is 1. The molecule has 1 saturated heterocycles. The number of primary amides is 1. The van der Waals surface area contributed by atoms with E-state index in [9.17, 15) is 34.2 Å². The largest absolute Gasteiger partial charge is 0.507 e. The summed E-state index contributed by atoms with van der Waals surface area (Å²) in [4.78, 5) is 70.1. The minimum Gasteiger partial charge on any atom is -0.507 e. The van der Waals surface area contributed by atoms with Crippen molar-refractivity contribution in [2.45, 2.75) is 50.2 Å². The molecular weight excluding hydrogens is 490 g/mol. The zero-order valence-electron chi connectivity index (χ0n) is 21.8. The Kier molecular flexibility index (Phi) is 6.77. The highest BCUT2D eigenvalue weighted by atomic mass is 16.3. The van der Waals surface area contributed by atoms with Crippen LogP contribution in [0.1, 0.15) is 47.2 Å². The maximum Gasteiger partial charge on any atom is 0.235 e. The van der Waals surface area contributed by atoms with Crippen molar-refractivity contribution in [3.05, 3.63) is 28.8 Å². The number of aromatic hydroxyl groups is 1. The first-order chi connectivity index (χ1) is 18.0. The summed E-state index contributed by atoms with van der Waals surface area (Å²) in [6.07, 6.45) is 4.59. The Morgan fingerprint density at radius 1 is 1.11 bits per heavy atom. The van der Waals surface area contributed by atoms with Crippen molar-refractivity contribution in [2.75, 3.05) is 33.7 Å². The van der Waals surface area contributed by atoms with Crippen LogP contribution in [0.5, 0.6) is 5.75 Å². The van der Waals surface area contributed by atoms with E-state index in [1.165, 1.54) is 17.4 Å². The summed E-state index contributed by atoms with van der Waals surface area (Å²) in [6, 6.07) is 2.18. The third-order valence-electron chi connectivity index (χ3n) is 9.19. The molecule has 0 radical (unpaired) electrons. The third kappa shape index (κ3) is 3.92. The van der Waals surface area contributed by atoms with Crippen LogP contribution in [0, 0.1) is 23.7 Å². The molecule has 38 heavy (non-hydrogen) atoms. The number of fused-ring (bicyclic) bond motifs is 3. The predicted octanol–water partition coefficient (Wildman–Crippen LogP) is -0.105. The van der Waals surface area contributed by atoms with E-state index in [-0.39, 0.29) is 17.7 Å². The van der Waals surface area contributed by atoms with E-state index in [4.69, 9.17) is 5.73 Å². The normalized spacial score (nSPS) is 33.6. The van der Waals surface area contributed by atoms with Gasteiger partial charge in [0.1, 0.15) is 5.75 Å². The maximum absolute atomic E-state index is 13.9. The molecule has 1 heterocycles. The molecule has 4 N–H and O–H groups in total. The molecule has 3 aliphatic carbocycles. The lowest BCUT2D eigenvalue weighted by molar-refractivity contribution is -0.181. The van der Waals surface area contributed by atoms with Crippen molar-refractivity contribution < 1.29 is 34.2 Å². The Bertz CT molecular complexity index is 1220. The maximum atomic E-state index is 13.9. The summed E-state index contributed by atoms with van der Waals surface area (Å²) >= 11 is 0. The average molecular weight is 526 g/mol. The van der Waals surface area contributed by atoms with Crippen molar-refractivity contribution in [1.29, 1.82) is 0 Å². The van der Waals surface area contributed by atoms with Crippen LogP contribution in [-0.4, -0.2) is 94.4 Å². The second kappa shape index (κ2) is 9.66. The van der Waals surface area contributed by atoms with E-state index in [1.54, 1.807) is 14.1 Å². The van der Waals surface area contributed by atoms with Crippen LogP contribution in [-0.2, 0) is 32.0 Å². The standard InChI is InChI=1S/C28H35N3O7/c1-30(2)22-17-13-15-12-16-14(8-11-31-9-4-3-5-10-31)6-7-18(32)20(16)23(33)19(15)25(35)28(17,38)26(36)21(24(22)34)27(29)37/h6-7,15,17,19,21-22,32,38H,3-5,8-13H2,1-2H3,(H2,29,37)/t15-,17-,19?,21?,22-,28-/m0/s1. The number of nitrogens with two attached hydrogens (primary N) is 1. The molecule has 10 nitrogen and oxygen atoms in total. The number of Topliss-reactive ketones (excluding diaryl/α,β-unsaturated/α-hetero) is 4. The fraction of sp³-hybridized carbons (Fsp3) is 0.607. The minimum absolute atomic E-state index is 0.0606. The topological polar surface area (TPSA) is 158 Å². The number of likely N-dealkylation sites (N-methyl/N-ethyl adjacent to an activating group) is 1. The van der Waals surface area contributed by atoms with Crippen LogP contribution in [0.25, 0.3) is 0 Å². The van der Waals surface area contributed by atoms with Gasteiger partial charge in [-0.05, 0) is 82.4 Å². The molecule has 5 rings (SSSR count). The van der Waals surface area contributed by atoms with E-state index in [0.717, 1.165) is 38.0 Å². The second-order valence-corrected chi connectivity index (χ2v) is 11.5. The van der Waals surface area contributed by atoms with Crippen LogP contribution < -0.4 is 5.73 Å². The molecule has 3 fully saturated rings. The first kappa shape index (κ1) is 26.6. The van der Waals surface area contributed by atoms with Crippen molar-refractivity contribution in [3.8, 4) is 5.75 Å². The van der Waals surface area contributed by atoms with E-state index in [0.29, 0.717) is 18.4 Å². The molecule has 6 atom stereocenters. The van der Waals surface area contributed by atoms with E-state index in [1.807, 2.05) is 6.07 Å². The number of carbonyl (C=O) groups is 5. The zero-order valence-corrected chi connectivity index (χ0v) is 21.8. The van der Waals surface area contributed by atoms with Crippen molar-refractivity contribution in [1.82, 2.24) is 9.80 Å². The SMILES string of the molecule is CN(C)[C@@H]1C(=O)C(C(N)=O)C(=O)[C@@]2(O)C(=O)C3C(=O)c4c(O)ccc(CCN5CCCCC5)c4C[C@H]3C[C@@H]12. The first-order valence-corrected chi connectivity index (χ1v) is 13.4. The van der Waals surface area contributed by atoms with Gasteiger partial charge in [0.15, 0.2) is 34.7 Å². The van der Waals surface area contributed by atoms with Gasteiger partial charge < -0.3 is 20.8 Å². The lowest BCUT2D eigenvalue weighted by atomic mass is 9.52. The highest BCUT2D eigenvalue weighted by Gasteiger charge is 2.69. The number of ketones is 4. The van der Waals surface area contributed by atoms with Crippen LogP contribution in [0.4, 0.5) is 0 Å². The van der Waals surface area contributed by atoms with Gasteiger partial charge in [-0.3, -0.25) is 28.9 Å². The highest BCUT2D eigenvalue weighted by Crippen LogP contribution is 2.51. The molecule has 0 aromatic heterocycles. The highest BCUT2D eigenvalue weighted by molar-refractivity contribution is 6.32. The second-order valence-electron chi connectivity index (χ2n) is 11.5. The van der Waals surface area contributed by atoms with Gasteiger partial charge in [-0.1, -0.05) is 12.5 Å². The minimum atomic E-state index is -2.70. The number of phenols is 1. The summed E-state index contributed by atoms with van der Waals surface area (Å²) in [5, 5.41) is 22.3. The van der Waals surface area contributed by atoms with Gasteiger partial charge in [0, 0.05) is 12.5 Å². The smallest absolute Gasteiger partial charge is 0.235 e. The zero-order chi connectivity index (χ0) is 27.5. The van der Waals surface area contributed by atoms with Gasteiger partial charge in [-0.25, -0.2) is 0 Å². The number of phenolic OH excluding ortho intramolecular Hbond substituents is 1. The molecular formula is C28H35N3O7. The van der Waals surface area contributed by atoms with Crippen molar-refractivity contribution >= 4 is 29.0 Å². The molecule has 1 aromatic rings. The fourth-order valence-electron chi connectivity index (χ4n) is 7.36. The molecule has 10 heteroatoms. The fourth-order valence-corrected chi connectivity index (χ4v) is 7.36. The lowest BCUT2D eigenvalue weighted by Crippen LogP contribution is -2.74. The molecule has 0 spiro atoms. The summed E-state index contributed by atoms with van der Waals surface area (Å²) in [7, 11) is 3.15. The Labute approximate surface area is 221 Å².